The minimum Gasteiger partial charge on any atom is -0.324 e. The van der Waals surface area contributed by atoms with Gasteiger partial charge < -0.3 is 11.5 Å². The number of nitrogens with two attached hydrogens (primary N) is 2. The maximum atomic E-state index is 7.63. The monoisotopic (exact) mass is 412 g/mol. The number of hydrogen-bond acceptors (Lipinski definition) is 2. The number of hydrogen-bond donors (Lipinski definition) is 2. The molecule has 0 aromatic rings. The summed E-state index contributed by atoms with van der Waals surface area (Å²) >= 11 is 0. The Morgan fingerprint density at radius 3 is 2.37 bits per heavy atom. The molecule has 0 spiro atoms. The van der Waals surface area contributed by atoms with E-state index in [-0.39, 0.29) is 21.9 Å². The third-order valence-corrected chi connectivity index (χ3v) is 11.7. The maximum absolute atomic E-state index is 7.63. The molecule has 0 saturated heterocycles. The largest absolute Gasteiger partial charge is 0.324 e. The fourth-order valence-electron chi connectivity index (χ4n) is 8.95. The predicted molar refractivity (Wildman–Crippen MR) is 129 cm³/mol. The van der Waals surface area contributed by atoms with E-state index in [4.69, 9.17) is 11.5 Å². The summed E-state index contributed by atoms with van der Waals surface area (Å²) in [6, 6.07) is 0. The first-order valence-electron chi connectivity index (χ1n) is 13.0. The Labute approximate surface area is 186 Å². The van der Waals surface area contributed by atoms with Crippen molar-refractivity contribution in [2.24, 2.45) is 39.5 Å². The van der Waals surface area contributed by atoms with E-state index in [0.29, 0.717) is 17.3 Å². The van der Waals surface area contributed by atoms with E-state index in [1.165, 1.54) is 51.4 Å². The predicted octanol–water partition coefficient (Wildman–Crippen LogP) is 6.89. The van der Waals surface area contributed by atoms with Crippen LogP contribution >= 0.6 is 0 Å². The number of rotatable bonds is 3. The van der Waals surface area contributed by atoms with Crippen molar-refractivity contribution in [3.05, 3.63) is 23.3 Å². The molecule has 0 unspecified atom stereocenters. The molecule has 0 radical (unpaired) electrons. The second-order valence-electron chi connectivity index (χ2n) is 12.2. The molecule has 0 aromatic carbocycles. The molecule has 2 nitrogen and oxygen atoms in total. The van der Waals surface area contributed by atoms with Gasteiger partial charge in [-0.3, -0.25) is 0 Å². The molecule has 4 N–H and O–H groups in total. The Morgan fingerprint density at radius 1 is 1.00 bits per heavy atom. The molecule has 0 aromatic heterocycles. The molecule has 4 rings (SSSR count). The number of fused-ring (bicyclic) bond motifs is 5. The summed E-state index contributed by atoms with van der Waals surface area (Å²) in [7, 11) is 0. The highest BCUT2D eigenvalue weighted by Gasteiger charge is 2.70. The molecule has 0 bridgehead atoms. The molecule has 7 atom stereocenters. The van der Waals surface area contributed by atoms with Crippen LogP contribution in [-0.2, 0) is 0 Å². The smallest absolute Gasteiger partial charge is 0.0296 e. The summed E-state index contributed by atoms with van der Waals surface area (Å²) in [6.45, 7) is 14.4. The molecule has 30 heavy (non-hydrogen) atoms. The molecule has 170 valence electrons. The van der Waals surface area contributed by atoms with Crippen LogP contribution in [0.4, 0.5) is 0 Å². The van der Waals surface area contributed by atoms with Crippen LogP contribution in [0.5, 0.6) is 0 Å². The average molecular weight is 413 g/mol. The van der Waals surface area contributed by atoms with Crippen molar-refractivity contribution in [3.63, 3.8) is 0 Å². The fourth-order valence-corrected chi connectivity index (χ4v) is 8.95. The zero-order valence-corrected chi connectivity index (χ0v) is 20.7. The SMILES string of the molecule is C/C=C(\C)[C@H]1CC[C@@]2(N)[C@@H]3CC=C4CC[C@](C)(CC)CC[C@]4(C)[C@@]3(N)CC[C@]12CC. The Hall–Kier alpha value is -0.600. The molecule has 3 fully saturated rings. The van der Waals surface area contributed by atoms with E-state index in [2.05, 4.69) is 53.7 Å². The lowest BCUT2D eigenvalue weighted by Crippen LogP contribution is -2.75. The molecular weight excluding hydrogens is 364 g/mol. The molecule has 0 aliphatic heterocycles. The maximum Gasteiger partial charge on any atom is 0.0296 e. The van der Waals surface area contributed by atoms with E-state index >= 15 is 0 Å². The molecule has 4 aliphatic rings. The zero-order chi connectivity index (χ0) is 22.0. The van der Waals surface area contributed by atoms with Gasteiger partial charge in [0, 0.05) is 16.5 Å². The first-order chi connectivity index (χ1) is 14.1. The third-order valence-electron chi connectivity index (χ3n) is 11.7. The van der Waals surface area contributed by atoms with Gasteiger partial charge >= 0.3 is 0 Å². The molecule has 3 saturated carbocycles. The van der Waals surface area contributed by atoms with Gasteiger partial charge in [0.05, 0.1) is 0 Å². The summed E-state index contributed by atoms with van der Waals surface area (Å²) in [4.78, 5) is 0. The van der Waals surface area contributed by atoms with Crippen molar-refractivity contribution in [2.75, 3.05) is 0 Å². The topological polar surface area (TPSA) is 52.0 Å². The summed E-state index contributed by atoms with van der Waals surface area (Å²) in [5, 5.41) is 0. The summed E-state index contributed by atoms with van der Waals surface area (Å²) in [6.07, 6.45) is 18.4. The highest BCUT2D eigenvalue weighted by molar-refractivity contribution is 5.36. The lowest BCUT2D eigenvalue weighted by Gasteiger charge is -2.66. The van der Waals surface area contributed by atoms with Gasteiger partial charge in [-0.2, -0.15) is 0 Å². The summed E-state index contributed by atoms with van der Waals surface area (Å²) in [5.41, 5.74) is 19.0. The Bertz CT molecular complexity index is 752. The Kier molecular flexibility index (Phi) is 5.42. The van der Waals surface area contributed by atoms with Gasteiger partial charge in [0.1, 0.15) is 0 Å². The van der Waals surface area contributed by atoms with Gasteiger partial charge in [-0.1, -0.05) is 57.4 Å². The van der Waals surface area contributed by atoms with Crippen LogP contribution in [0.15, 0.2) is 23.3 Å². The first kappa shape index (κ1) is 22.6. The van der Waals surface area contributed by atoms with Crippen molar-refractivity contribution in [1.29, 1.82) is 0 Å². The van der Waals surface area contributed by atoms with Gasteiger partial charge in [-0.15, -0.1) is 0 Å². The molecule has 4 aliphatic carbocycles. The van der Waals surface area contributed by atoms with Crippen LogP contribution in [0.25, 0.3) is 0 Å². The Morgan fingerprint density at radius 2 is 1.73 bits per heavy atom. The standard InChI is InChI=1S/C28H48N2/c1-7-20(4)22-13-15-28(30)23-11-10-21-12-14-24(5,8-2)16-17-25(21,6)27(23,29)19-18-26(22,28)9-3/h7,10,22-23H,8-9,11-19,29-30H2,1-6H3/b20-7+/t22-,23-,24+,25+,26-,27-,28-/m1/s1. The van der Waals surface area contributed by atoms with Crippen LogP contribution in [-0.4, -0.2) is 11.1 Å². The average Bonchev–Trinajstić information content (AvgIpc) is 2.97. The van der Waals surface area contributed by atoms with Crippen molar-refractivity contribution in [2.45, 2.75) is 123 Å². The second-order valence-corrected chi connectivity index (χ2v) is 12.2. The van der Waals surface area contributed by atoms with Gasteiger partial charge in [-0.25, -0.2) is 0 Å². The summed E-state index contributed by atoms with van der Waals surface area (Å²) < 4.78 is 0. The normalized spacial score (nSPS) is 51.5. The fraction of sp³-hybridized carbons (Fsp3) is 0.857. The van der Waals surface area contributed by atoms with E-state index in [9.17, 15) is 0 Å². The van der Waals surface area contributed by atoms with Crippen LogP contribution < -0.4 is 11.5 Å². The van der Waals surface area contributed by atoms with Crippen LogP contribution in [0.3, 0.4) is 0 Å². The number of allylic oxidation sites excluding steroid dienone is 3. The van der Waals surface area contributed by atoms with E-state index in [0.717, 1.165) is 19.3 Å². The van der Waals surface area contributed by atoms with E-state index in [1.54, 1.807) is 11.1 Å². The van der Waals surface area contributed by atoms with Crippen molar-refractivity contribution < 1.29 is 0 Å². The molecule has 0 heterocycles. The van der Waals surface area contributed by atoms with Gasteiger partial charge in [0.2, 0.25) is 0 Å². The minimum atomic E-state index is -0.151. The van der Waals surface area contributed by atoms with Crippen molar-refractivity contribution in [1.82, 2.24) is 0 Å². The molecule has 0 amide bonds. The van der Waals surface area contributed by atoms with Crippen LogP contribution in [0.2, 0.25) is 0 Å². The second kappa shape index (κ2) is 7.20. The van der Waals surface area contributed by atoms with Crippen molar-refractivity contribution in [3.8, 4) is 0 Å². The van der Waals surface area contributed by atoms with Gasteiger partial charge in [0.25, 0.3) is 0 Å². The third kappa shape index (κ3) is 2.68. The lowest BCUT2D eigenvalue weighted by molar-refractivity contribution is -0.0805. The van der Waals surface area contributed by atoms with Gasteiger partial charge in [0.15, 0.2) is 0 Å². The Balaban J connectivity index is 1.77. The minimum absolute atomic E-state index is 0.114. The lowest BCUT2D eigenvalue weighted by atomic mass is 9.41. The highest BCUT2D eigenvalue weighted by atomic mass is 15.0. The highest BCUT2D eigenvalue weighted by Crippen LogP contribution is 2.69. The zero-order valence-electron chi connectivity index (χ0n) is 20.7. The van der Waals surface area contributed by atoms with E-state index < -0.39 is 0 Å². The summed E-state index contributed by atoms with van der Waals surface area (Å²) in [5.74, 6) is 1.05. The van der Waals surface area contributed by atoms with Gasteiger partial charge in [-0.05, 0) is 101 Å². The quantitative estimate of drug-likeness (QED) is 0.496. The first-order valence-corrected chi connectivity index (χ1v) is 13.0. The van der Waals surface area contributed by atoms with Crippen LogP contribution in [0.1, 0.15) is 112 Å². The molecule has 2 heteroatoms. The van der Waals surface area contributed by atoms with Crippen LogP contribution in [0, 0.1) is 28.1 Å². The van der Waals surface area contributed by atoms with Crippen molar-refractivity contribution >= 4 is 0 Å². The molecular formula is C28H48N2. The van der Waals surface area contributed by atoms with E-state index in [1.807, 2.05) is 0 Å².